The van der Waals surface area contributed by atoms with E-state index in [1.54, 1.807) is 24.4 Å². The van der Waals surface area contributed by atoms with Crippen molar-refractivity contribution in [3.05, 3.63) is 59.7 Å². The molecule has 1 aliphatic carbocycles. The molecule has 140 valence electrons. The molecule has 2 aromatic rings. The number of rotatable bonds is 3. The van der Waals surface area contributed by atoms with E-state index >= 15 is 0 Å². The fraction of sp³-hybridized carbons (Fsp3) is 0.300. The Kier molecular flexibility index (Phi) is 4.46. The summed E-state index contributed by atoms with van der Waals surface area (Å²) in [5.74, 6) is -3.54. The van der Waals surface area contributed by atoms with E-state index in [1.807, 2.05) is 6.07 Å². The maximum absolute atomic E-state index is 13.1. The quantitative estimate of drug-likeness (QED) is 0.770. The summed E-state index contributed by atoms with van der Waals surface area (Å²) >= 11 is 6.32. The van der Waals surface area contributed by atoms with Gasteiger partial charge in [-0.1, -0.05) is 29.8 Å². The predicted octanol–water partition coefficient (Wildman–Crippen LogP) is 4.51. The molecule has 1 aromatic heterocycles. The zero-order chi connectivity index (χ0) is 19.2. The van der Waals surface area contributed by atoms with Crippen LogP contribution >= 0.6 is 11.6 Å². The van der Waals surface area contributed by atoms with E-state index < -0.39 is 19.0 Å². The second-order valence-corrected chi connectivity index (χ2v) is 7.43. The Hall–Kier alpha value is -2.34. The molecule has 0 spiro atoms. The number of alkyl halides is 2. The number of amides is 1. The Bertz CT molecular complexity index is 919. The van der Waals surface area contributed by atoms with Crippen molar-refractivity contribution in [1.82, 2.24) is 9.88 Å². The lowest BCUT2D eigenvalue weighted by atomic mass is 9.88. The molecule has 1 amide bonds. The van der Waals surface area contributed by atoms with Gasteiger partial charge < -0.3 is 4.90 Å². The highest BCUT2D eigenvalue weighted by atomic mass is 35.5. The van der Waals surface area contributed by atoms with Crippen molar-refractivity contribution in [2.24, 2.45) is 5.92 Å². The van der Waals surface area contributed by atoms with E-state index in [4.69, 9.17) is 11.6 Å². The standard InChI is InChI=1S/C20H16ClF3N2O/c21-17-6-12(7-18(27)26-10-20(23,24)11-26)5-14-8-15(9-25-19(14)17)13-1-3-16(22)4-2-13/h1-4,6,8-9,12H,5,7,10-11H2. The molecule has 0 saturated carbocycles. The van der Waals surface area contributed by atoms with E-state index in [-0.39, 0.29) is 24.1 Å². The first-order valence-electron chi connectivity index (χ1n) is 8.59. The Morgan fingerprint density at radius 2 is 1.93 bits per heavy atom. The normalized spacial score (nSPS) is 20.5. The van der Waals surface area contributed by atoms with Crippen LogP contribution in [0.15, 0.2) is 42.6 Å². The van der Waals surface area contributed by atoms with E-state index in [1.165, 1.54) is 17.0 Å². The van der Waals surface area contributed by atoms with Gasteiger partial charge in [-0.15, -0.1) is 0 Å². The molecular weight excluding hydrogens is 377 g/mol. The summed E-state index contributed by atoms with van der Waals surface area (Å²) in [5.41, 5.74) is 3.19. The van der Waals surface area contributed by atoms with Crippen LogP contribution in [0.1, 0.15) is 17.7 Å². The van der Waals surface area contributed by atoms with Gasteiger partial charge in [0.25, 0.3) is 5.92 Å². The van der Waals surface area contributed by atoms with E-state index in [0.29, 0.717) is 17.1 Å². The van der Waals surface area contributed by atoms with Gasteiger partial charge in [-0.3, -0.25) is 9.78 Å². The minimum Gasteiger partial charge on any atom is -0.330 e. The third kappa shape index (κ3) is 3.72. The van der Waals surface area contributed by atoms with Gasteiger partial charge in [0.05, 0.1) is 23.8 Å². The first kappa shape index (κ1) is 18.0. The number of nitrogens with zero attached hydrogens (tertiary/aromatic N) is 2. The third-order valence-electron chi connectivity index (χ3n) is 4.87. The molecule has 1 saturated heterocycles. The Morgan fingerprint density at radius 1 is 1.22 bits per heavy atom. The highest BCUT2D eigenvalue weighted by Crippen LogP contribution is 2.35. The molecule has 2 heterocycles. The van der Waals surface area contributed by atoms with Gasteiger partial charge in [0.1, 0.15) is 5.82 Å². The number of aromatic nitrogens is 1. The summed E-state index contributed by atoms with van der Waals surface area (Å²) in [6.07, 6.45) is 4.12. The summed E-state index contributed by atoms with van der Waals surface area (Å²) in [4.78, 5) is 17.8. The number of allylic oxidation sites excluding steroid dienone is 1. The van der Waals surface area contributed by atoms with E-state index in [0.717, 1.165) is 16.7 Å². The number of hydrogen-bond acceptors (Lipinski definition) is 2. The van der Waals surface area contributed by atoms with Crippen LogP contribution in [0.5, 0.6) is 0 Å². The molecule has 4 rings (SSSR count). The minimum atomic E-state index is -2.77. The van der Waals surface area contributed by atoms with Gasteiger partial charge >= 0.3 is 0 Å². The van der Waals surface area contributed by atoms with Crippen LogP contribution < -0.4 is 0 Å². The molecule has 3 nitrogen and oxygen atoms in total. The molecule has 1 fully saturated rings. The third-order valence-corrected chi connectivity index (χ3v) is 5.17. The van der Waals surface area contributed by atoms with Crippen molar-refractivity contribution in [1.29, 1.82) is 0 Å². The average molecular weight is 393 g/mol. The molecule has 2 aliphatic rings. The zero-order valence-corrected chi connectivity index (χ0v) is 15.0. The van der Waals surface area contributed by atoms with Crippen molar-refractivity contribution in [2.45, 2.75) is 18.8 Å². The molecule has 7 heteroatoms. The zero-order valence-electron chi connectivity index (χ0n) is 14.3. The molecular formula is C20H16ClF3N2O. The lowest BCUT2D eigenvalue weighted by Crippen LogP contribution is -2.58. The monoisotopic (exact) mass is 392 g/mol. The fourth-order valence-electron chi connectivity index (χ4n) is 3.48. The molecule has 1 atom stereocenters. The molecule has 27 heavy (non-hydrogen) atoms. The molecule has 0 radical (unpaired) electrons. The average Bonchev–Trinajstić information content (AvgIpc) is 2.59. The summed E-state index contributed by atoms with van der Waals surface area (Å²) in [7, 11) is 0. The van der Waals surface area contributed by atoms with Crippen LogP contribution in [-0.2, 0) is 11.2 Å². The van der Waals surface area contributed by atoms with E-state index in [2.05, 4.69) is 4.98 Å². The topological polar surface area (TPSA) is 33.2 Å². The number of likely N-dealkylation sites (tertiary alicyclic amines) is 1. The van der Waals surface area contributed by atoms with Crippen LogP contribution in [0.3, 0.4) is 0 Å². The summed E-state index contributed by atoms with van der Waals surface area (Å²) < 4.78 is 39.0. The highest BCUT2D eigenvalue weighted by Gasteiger charge is 2.46. The fourth-order valence-corrected chi connectivity index (χ4v) is 3.83. The van der Waals surface area contributed by atoms with Gasteiger partial charge in [-0.05, 0) is 41.7 Å². The number of carbonyl (C=O) groups excluding carboxylic acids is 1. The van der Waals surface area contributed by atoms with Gasteiger partial charge in [0.15, 0.2) is 0 Å². The number of halogens is 4. The van der Waals surface area contributed by atoms with Crippen molar-refractivity contribution < 1.29 is 18.0 Å². The molecule has 1 aliphatic heterocycles. The number of pyridine rings is 1. The van der Waals surface area contributed by atoms with Crippen molar-refractivity contribution >= 4 is 22.5 Å². The molecule has 0 bridgehead atoms. The number of hydrogen-bond donors (Lipinski definition) is 0. The van der Waals surface area contributed by atoms with Gasteiger partial charge in [0.2, 0.25) is 5.91 Å². The number of benzene rings is 1. The Balaban J connectivity index is 1.52. The van der Waals surface area contributed by atoms with Crippen molar-refractivity contribution in [3.63, 3.8) is 0 Å². The smallest absolute Gasteiger partial charge is 0.282 e. The summed E-state index contributed by atoms with van der Waals surface area (Å²) in [6.45, 7) is -1.02. The van der Waals surface area contributed by atoms with Crippen LogP contribution in [0.4, 0.5) is 13.2 Å². The maximum atomic E-state index is 13.1. The summed E-state index contributed by atoms with van der Waals surface area (Å²) in [5, 5.41) is 0.452. The molecule has 1 unspecified atom stereocenters. The van der Waals surface area contributed by atoms with Crippen molar-refractivity contribution in [3.8, 4) is 11.1 Å². The lowest BCUT2D eigenvalue weighted by Gasteiger charge is -2.39. The number of fused-ring (bicyclic) bond motifs is 1. The van der Waals surface area contributed by atoms with Gasteiger partial charge in [-0.25, -0.2) is 13.2 Å². The van der Waals surface area contributed by atoms with Crippen LogP contribution in [0, 0.1) is 11.7 Å². The SMILES string of the molecule is O=C(CC1C=C(Cl)c2ncc(-c3ccc(F)cc3)cc2C1)N1CC(F)(F)C1. The maximum Gasteiger partial charge on any atom is 0.282 e. The summed E-state index contributed by atoms with van der Waals surface area (Å²) in [6, 6.07) is 8.03. The van der Waals surface area contributed by atoms with E-state index in [9.17, 15) is 18.0 Å². The first-order valence-corrected chi connectivity index (χ1v) is 8.97. The van der Waals surface area contributed by atoms with Crippen molar-refractivity contribution in [2.75, 3.05) is 13.1 Å². The second kappa shape index (κ2) is 6.68. The Morgan fingerprint density at radius 3 is 2.59 bits per heavy atom. The number of carbonyl (C=O) groups is 1. The lowest BCUT2D eigenvalue weighted by molar-refractivity contribution is -0.166. The van der Waals surface area contributed by atoms with Gasteiger partial charge in [0, 0.05) is 18.2 Å². The first-order chi connectivity index (χ1) is 12.8. The largest absolute Gasteiger partial charge is 0.330 e. The van der Waals surface area contributed by atoms with Crippen LogP contribution in [0.2, 0.25) is 0 Å². The Labute approximate surface area is 159 Å². The predicted molar refractivity (Wildman–Crippen MR) is 96.8 cm³/mol. The molecule has 1 aromatic carbocycles. The molecule has 0 N–H and O–H groups in total. The second-order valence-electron chi connectivity index (χ2n) is 7.03. The minimum absolute atomic E-state index is 0.131. The van der Waals surface area contributed by atoms with Crippen LogP contribution in [0.25, 0.3) is 16.2 Å². The van der Waals surface area contributed by atoms with Crippen LogP contribution in [-0.4, -0.2) is 34.8 Å². The highest BCUT2D eigenvalue weighted by molar-refractivity contribution is 6.48. The van der Waals surface area contributed by atoms with Gasteiger partial charge in [-0.2, -0.15) is 0 Å².